The topological polar surface area (TPSA) is 27.7 Å². The van der Waals surface area contributed by atoms with Crippen LogP contribution in [0.1, 0.15) is 22.3 Å². The minimum Gasteiger partial charge on any atom is -0.425 e. The number of para-hydroxylation sites is 1. The maximum Gasteiger partial charge on any atom is 0.400 e. The molecule has 0 N–H and O–H groups in total. The van der Waals surface area contributed by atoms with Gasteiger partial charge < -0.3 is 4.52 Å². The lowest BCUT2D eigenvalue weighted by atomic mass is 9.66. The van der Waals surface area contributed by atoms with E-state index in [9.17, 15) is 0 Å². The Kier molecular flexibility index (Phi) is 8.18. The van der Waals surface area contributed by atoms with Crippen LogP contribution in [0.15, 0.2) is 200 Å². The smallest absolute Gasteiger partial charge is 0.400 e. The molecule has 3 nitrogen and oxygen atoms in total. The first-order chi connectivity index (χ1) is 23.8. The lowest BCUT2D eigenvalue weighted by Crippen LogP contribution is -2.48. The van der Waals surface area contributed by atoms with Gasteiger partial charge in [0.25, 0.3) is 0 Å². The zero-order chi connectivity index (χ0) is 32.2. The average Bonchev–Trinajstić information content (AvgIpc) is 3.53. The Balaban J connectivity index is 1.39. The second-order valence-electron chi connectivity index (χ2n) is 11.7. The molecule has 0 spiro atoms. The van der Waals surface area contributed by atoms with E-state index in [1.165, 1.54) is 0 Å². The van der Waals surface area contributed by atoms with E-state index in [1.54, 1.807) is 0 Å². The molecule has 7 aromatic rings. The van der Waals surface area contributed by atoms with Crippen molar-refractivity contribution in [1.29, 1.82) is 0 Å². The first-order valence-corrected chi connectivity index (χ1v) is 17.2. The van der Waals surface area contributed by atoms with Crippen molar-refractivity contribution in [3.8, 4) is 28.0 Å². The molecule has 0 aromatic heterocycles. The molecular weight excluding hydrogens is 607 g/mol. The summed E-state index contributed by atoms with van der Waals surface area (Å²) in [5, 5.41) is 0. The van der Waals surface area contributed by atoms with Gasteiger partial charge in [0.05, 0.1) is 0 Å². The summed E-state index contributed by atoms with van der Waals surface area (Å²) in [6.45, 7) is 0. The first-order valence-electron chi connectivity index (χ1n) is 16.1. The van der Waals surface area contributed by atoms with Gasteiger partial charge in [0.2, 0.25) is 0 Å². The molecule has 48 heavy (non-hydrogen) atoms. The summed E-state index contributed by atoms with van der Waals surface area (Å²) < 4.78 is 22.1. The molecule has 0 atom stereocenters. The highest BCUT2D eigenvalue weighted by atomic mass is 31.2. The predicted octanol–water partition coefficient (Wildman–Crippen LogP) is 11.6. The van der Waals surface area contributed by atoms with Crippen LogP contribution >= 0.6 is 8.60 Å². The minimum absolute atomic E-state index is 0.716. The van der Waals surface area contributed by atoms with Crippen molar-refractivity contribution in [2.24, 2.45) is 0 Å². The maximum absolute atomic E-state index is 7.45. The number of hydrogen-bond donors (Lipinski definition) is 0. The third kappa shape index (κ3) is 5.14. The molecule has 0 bridgehead atoms. The molecule has 0 aliphatic carbocycles. The lowest BCUT2D eigenvalue weighted by molar-refractivity contribution is 0.00370. The van der Waals surface area contributed by atoms with Gasteiger partial charge >= 0.3 is 8.60 Å². The molecule has 0 unspecified atom stereocenters. The van der Waals surface area contributed by atoms with Crippen molar-refractivity contribution < 1.29 is 13.6 Å². The highest BCUT2D eigenvalue weighted by Gasteiger charge is 2.67. The average molecular weight is 641 g/mol. The Morgan fingerprint density at radius 1 is 0.333 bits per heavy atom. The molecule has 1 heterocycles. The Morgan fingerprint density at radius 2 is 0.625 bits per heavy atom. The van der Waals surface area contributed by atoms with E-state index in [-0.39, 0.29) is 0 Å². The van der Waals surface area contributed by atoms with Gasteiger partial charge in [-0.15, -0.1) is 0 Å². The Labute approximate surface area is 283 Å². The fraction of sp³-hybridized carbons (Fsp3) is 0.0455. The fourth-order valence-corrected chi connectivity index (χ4v) is 8.44. The molecule has 1 aliphatic rings. The minimum atomic E-state index is -2.00. The van der Waals surface area contributed by atoms with Gasteiger partial charge in [-0.25, -0.2) is 0 Å². The molecule has 1 saturated heterocycles. The summed E-state index contributed by atoms with van der Waals surface area (Å²) in [6, 6.07) is 68.6. The number of rotatable bonds is 8. The molecule has 0 radical (unpaired) electrons. The van der Waals surface area contributed by atoms with E-state index in [0.29, 0.717) is 5.75 Å². The first kappa shape index (κ1) is 30.1. The van der Waals surface area contributed by atoms with Crippen LogP contribution < -0.4 is 4.52 Å². The van der Waals surface area contributed by atoms with E-state index in [2.05, 4.69) is 140 Å². The molecule has 1 aliphatic heterocycles. The van der Waals surface area contributed by atoms with Gasteiger partial charge in [-0.1, -0.05) is 200 Å². The molecule has 0 saturated carbocycles. The third-order valence-corrected chi connectivity index (χ3v) is 10.2. The summed E-state index contributed by atoms with van der Waals surface area (Å²) in [7, 11) is -2.00. The van der Waals surface area contributed by atoms with Crippen molar-refractivity contribution in [3.05, 3.63) is 222 Å². The summed E-state index contributed by atoms with van der Waals surface area (Å²) in [5.41, 5.74) is 5.69. The van der Waals surface area contributed by atoms with Crippen LogP contribution in [0.25, 0.3) is 22.3 Å². The SMILES string of the molecule is c1ccc(-c2cccc(-c3ccccc3)c2OP2OC(c3ccccc3)(c3ccccc3)C(c3ccccc3)(c3ccccc3)O2)cc1. The molecule has 0 amide bonds. The fourth-order valence-electron chi connectivity index (χ4n) is 6.86. The quantitative estimate of drug-likeness (QED) is 0.155. The summed E-state index contributed by atoms with van der Waals surface area (Å²) in [5.74, 6) is 0.716. The van der Waals surface area contributed by atoms with Crippen LogP contribution in [-0.2, 0) is 20.2 Å². The van der Waals surface area contributed by atoms with Crippen molar-refractivity contribution in [3.63, 3.8) is 0 Å². The zero-order valence-electron chi connectivity index (χ0n) is 26.2. The van der Waals surface area contributed by atoms with Gasteiger partial charge in [-0.05, 0) is 33.4 Å². The van der Waals surface area contributed by atoms with E-state index >= 15 is 0 Å². The van der Waals surface area contributed by atoms with E-state index in [0.717, 1.165) is 44.5 Å². The van der Waals surface area contributed by atoms with Crippen LogP contribution in [0.5, 0.6) is 5.75 Å². The van der Waals surface area contributed by atoms with Crippen LogP contribution in [-0.4, -0.2) is 0 Å². The number of benzene rings is 7. The monoisotopic (exact) mass is 640 g/mol. The molecule has 232 valence electrons. The second-order valence-corrected chi connectivity index (χ2v) is 12.7. The predicted molar refractivity (Wildman–Crippen MR) is 194 cm³/mol. The van der Waals surface area contributed by atoms with Gasteiger partial charge in [0, 0.05) is 11.1 Å². The van der Waals surface area contributed by atoms with Crippen molar-refractivity contribution in [2.45, 2.75) is 11.2 Å². The third-order valence-electron chi connectivity index (χ3n) is 8.99. The summed E-state index contributed by atoms with van der Waals surface area (Å²) in [6.07, 6.45) is 0. The van der Waals surface area contributed by atoms with Crippen LogP contribution in [0.2, 0.25) is 0 Å². The van der Waals surface area contributed by atoms with Crippen molar-refractivity contribution in [1.82, 2.24) is 0 Å². The molecular formula is C44H33O3P. The van der Waals surface area contributed by atoms with Crippen LogP contribution in [0, 0.1) is 0 Å². The summed E-state index contributed by atoms with van der Waals surface area (Å²) >= 11 is 0. The molecule has 4 heteroatoms. The number of hydrogen-bond acceptors (Lipinski definition) is 3. The lowest BCUT2D eigenvalue weighted by Gasteiger charge is -2.43. The highest BCUT2D eigenvalue weighted by Crippen LogP contribution is 2.70. The molecule has 1 fully saturated rings. The van der Waals surface area contributed by atoms with Gasteiger partial charge in [-0.3, -0.25) is 9.05 Å². The summed E-state index contributed by atoms with van der Waals surface area (Å²) in [4.78, 5) is 0. The maximum atomic E-state index is 7.45. The van der Waals surface area contributed by atoms with Gasteiger partial charge in [-0.2, -0.15) is 0 Å². The molecule has 8 rings (SSSR count). The van der Waals surface area contributed by atoms with Crippen LogP contribution in [0.4, 0.5) is 0 Å². The Morgan fingerprint density at radius 3 is 0.938 bits per heavy atom. The normalized spacial score (nSPS) is 15.2. The van der Waals surface area contributed by atoms with Crippen molar-refractivity contribution in [2.75, 3.05) is 0 Å². The van der Waals surface area contributed by atoms with E-state index in [4.69, 9.17) is 13.6 Å². The second kappa shape index (κ2) is 13.1. The largest absolute Gasteiger partial charge is 0.425 e. The van der Waals surface area contributed by atoms with Crippen LogP contribution in [0.3, 0.4) is 0 Å². The van der Waals surface area contributed by atoms with E-state index in [1.807, 2.05) is 60.7 Å². The Hall–Kier alpha value is -5.31. The van der Waals surface area contributed by atoms with Crippen molar-refractivity contribution >= 4 is 8.60 Å². The molecule has 7 aromatic carbocycles. The van der Waals surface area contributed by atoms with Gasteiger partial charge in [0.15, 0.2) is 11.2 Å². The highest BCUT2D eigenvalue weighted by molar-refractivity contribution is 7.42. The zero-order valence-corrected chi connectivity index (χ0v) is 27.1. The Bertz CT molecular complexity index is 1860. The standard InChI is InChI=1S/C44H33O3P/c1-7-20-34(21-8-1)40-32-19-33-41(35-22-9-2-10-23-35)42(40)45-48-46-43(36-24-11-3-12-25-36,37-26-13-4-14-27-37)44(47-48,38-28-15-5-16-29-38)39-30-17-6-18-31-39/h1-33H. The van der Waals surface area contributed by atoms with Gasteiger partial charge in [0.1, 0.15) is 5.75 Å². The van der Waals surface area contributed by atoms with E-state index < -0.39 is 19.8 Å².